The van der Waals surface area contributed by atoms with E-state index in [4.69, 9.17) is 14.2 Å². The Labute approximate surface area is 237 Å². The number of hydrogen-bond donors (Lipinski definition) is 0. The van der Waals surface area contributed by atoms with Gasteiger partial charge in [-0.1, -0.05) is 75.2 Å². The molecule has 4 aromatic rings. The molecule has 4 rings (SSSR count). The van der Waals surface area contributed by atoms with E-state index in [2.05, 4.69) is 38.1 Å². The summed E-state index contributed by atoms with van der Waals surface area (Å²) in [6.45, 7) is 4.26. The molecular formula is C35H40F2O3. The predicted molar refractivity (Wildman–Crippen MR) is 159 cm³/mol. The van der Waals surface area contributed by atoms with Gasteiger partial charge in [-0.3, -0.25) is 0 Å². The number of hydrogen-bond acceptors (Lipinski definition) is 3. The third-order valence-corrected chi connectivity index (χ3v) is 7.00. The second-order valence-electron chi connectivity index (χ2n) is 9.61. The fourth-order valence-electron chi connectivity index (χ4n) is 5.17. The standard InChI is InChI=1S/C18H22O2.C17H18F2O/c1-4-9-14(15-10-5-7-12-17(15)19-2)16-11-6-8-13-18(16)20-3;1-3-5-15(12-6-4-7-13(18)10-12)16-11-14(19)8-9-17(16)20-2/h5-8,10-14H,4,9H2,1-3H3;4,6-11,15H,3,5H2,1-2H3. The first kappa shape index (κ1) is 30.7. The van der Waals surface area contributed by atoms with Gasteiger partial charge in [-0.15, -0.1) is 0 Å². The third-order valence-electron chi connectivity index (χ3n) is 7.00. The summed E-state index contributed by atoms with van der Waals surface area (Å²) in [6.07, 6.45) is 3.91. The first-order chi connectivity index (χ1) is 19.5. The molecule has 0 saturated heterocycles. The van der Waals surface area contributed by atoms with Gasteiger partial charge in [0.2, 0.25) is 0 Å². The van der Waals surface area contributed by atoms with Crippen molar-refractivity contribution in [2.45, 2.75) is 51.4 Å². The molecule has 3 nitrogen and oxygen atoms in total. The summed E-state index contributed by atoms with van der Waals surface area (Å²) in [5.41, 5.74) is 4.05. The second-order valence-corrected chi connectivity index (χ2v) is 9.61. The molecule has 0 N–H and O–H groups in total. The maximum absolute atomic E-state index is 13.5. The van der Waals surface area contributed by atoms with Crippen LogP contribution < -0.4 is 14.2 Å². The first-order valence-corrected chi connectivity index (χ1v) is 13.8. The molecule has 0 fully saturated rings. The number of ether oxygens (including phenoxy) is 3. The predicted octanol–water partition coefficient (Wildman–Crippen LogP) is 9.54. The summed E-state index contributed by atoms with van der Waals surface area (Å²) in [6, 6.07) is 27.4. The molecule has 0 saturated carbocycles. The van der Waals surface area contributed by atoms with Crippen LogP contribution in [0, 0.1) is 11.6 Å². The van der Waals surface area contributed by atoms with Crippen molar-refractivity contribution in [3.8, 4) is 17.2 Å². The molecule has 4 aromatic carbocycles. The highest BCUT2D eigenvalue weighted by molar-refractivity contribution is 5.47. The van der Waals surface area contributed by atoms with Crippen molar-refractivity contribution in [2.75, 3.05) is 21.3 Å². The molecule has 0 amide bonds. The largest absolute Gasteiger partial charge is 0.496 e. The summed E-state index contributed by atoms with van der Waals surface area (Å²) in [5, 5.41) is 0. The fraction of sp³-hybridized carbons (Fsp3) is 0.314. The minimum atomic E-state index is -0.307. The van der Waals surface area contributed by atoms with Crippen LogP contribution in [-0.4, -0.2) is 21.3 Å². The molecule has 0 heterocycles. The number of para-hydroxylation sites is 2. The minimum Gasteiger partial charge on any atom is -0.496 e. The van der Waals surface area contributed by atoms with Crippen LogP contribution in [0.15, 0.2) is 91.0 Å². The number of benzene rings is 4. The molecule has 0 aliphatic rings. The van der Waals surface area contributed by atoms with Gasteiger partial charge < -0.3 is 14.2 Å². The lowest BCUT2D eigenvalue weighted by molar-refractivity contribution is 0.397. The van der Waals surface area contributed by atoms with Crippen molar-refractivity contribution in [2.24, 2.45) is 0 Å². The van der Waals surface area contributed by atoms with Gasteiger partial charge in [0.15, 0.2) is 0 Å². The summed E-state index contributed by atoms with van der Waals surface area (Å²) in [7, 11) is 5.01. The summed E-state index contributed by atoms with van der Waals surface area (Å²) < 4.78 is 43.4. The van der Waals surface area contributed by atoms with E-state index in [1.54, 1.807) is 33.5 Å². The highest BCUT2D eigenvalue weighted by Gasteiger charge is 2.21. The van der Waals surface area contributed by atoms with Crippen molar-refractivity contribution in [3.63, 3.8) is 0 Å². The molecule has 5 heteroatoms. The van der Waals surface area contributed by atoms with Crippen LogP contribution >= 0.6 is 0 Å². The average Bonchev–Trinajstić information content (AvgIpc) is 2.99. The van der Waals surface area contributed by atoms with Gasteiger partial charge in [0.1, 0.15) is 28.9 Å². The number of methoxy groups -OCH3 is 3. The van der Waals surface area contributed by atoms with Gasteiger partial charge in [0.05, 0.1) is 21.3 Å². The van der Waals surface area contributed by atoms with E-state index in [1.807, 2.05) is 30.3 Å². The van der Waals surface area contributed by atoms with Crippen molar-refractivity contribution in [3.05, 3.63) is 125 Å². The van der Waals surface area contributed by atoms with Crippen LogP contribution in [0.3, 0.4) is 0 Å². The molecule has 1 atom stereocenters. The van der Waals surface area contributed by atoms with Crippen molar-refractivity contribution < 1.29 is 23.0 Å². The smallest absolute Gasteiger partial charge is 0.123 e. The Kier molecular flexibility index (Phi) is 12.0. The Morgan fingerprint density at radius 1 is 0.525 bits per heavy atom. The Balaban J connectivity index is 0.000000220. The van der Waals surface area contributed by atoms with E-state index in [0.717, 1.165) is 48.3 Å². The van der Waals surface area contributed by atoms with E-state index < -0.39 is 0 Å². The molecule has 0 aliphatic heterocycles. The topological polar surface area (TPSA) is 27.7 Å². The van der Waals surface area contributed by atoms with Crippen LogP contribution in [0.5, 0.6) is 17.2 Å². The Morgan fingerprint density at radius 3 is 1.55 bits per heavy atom. The van der Waals surface area contributed by atoms with Crippen molar-refractivity contribution in [1.29, 1.82) is 0 Å². The fourth-order valence-corrected chi connectivity index (χ4v) is 5.17. The van der Waals surface area contributed by atoms with E-state index in [-0.39, 0.29) is 17.6 Å². The van der Waals surface area contributed by atoms with Crippen LogP contribution in [0.1, 0.15) is 73.6 Å². The van der Waals surface area contributed by atoms with Crippen LogP contribution in [0.25, 0.3) is 0 Å². The molecule has 1 unspecified atom stereocenters. The van der Waals surface area contributed by atoms with Gasteiger partial charge in [0.25, 0.3) is 0 Å². The van der Waals surface area contributed by atoms with E-state index in [1.165, 1.54) is 35.4 Å². The molecule has 0 aromatic heterocycles. The maximum Gasteiger partial charge on any atom is 0.123 e. The average molecular weight is 547 g/mol. The van der Waals surface area contributed by atoms with Crippen molar-refractivity contribution >= 4 is 0 Å². The highest BCUT2D eigenvalue weighted by Crippen LogP contribution is 2.39. The lowest BCUT2D eigenvalue weighted by atomic mass is 9.86. The van der Waals surface area contributed by atoms with Crippen LogP contribution in [-0.2, 0) is 0 Å². The normalized spacial score (nSPS) is 11.4. The zero-order valence-corrected chi connectivity index (χ0v) is 24.1. The van der Waals surface area contributed by atoms with Gasteiger partial charge in [-0.05, 0) is 60.9 Å². The maximum atomic E-state index is 13.5. The third kappa shape index (κ3) is 7.84. The Morgan fingerprint density at radius 2 is 1.02 bits per heavy atom. The number of halogens is 2. The quantitative estimate of drug-likeness (QED) is 0.187. The van der Waals surface area contributed by atoms with Gasteiger partial charge in [0, 0.05) is 28.5 Å². The zero-order valence-electron chi connectivity index (χ0n) is 24.1. The van der Waals surface area contributed by atoms with Gasteiger partial charge in [-0.25, -0.2) is 8.78 Å². The van der Waals surface area contributed by atoms with E-state index in [9.17, 15) is 8.78 Å². The van der Waals surface area contributed by atoms with Crippen LogP contribution in [0.2, 0.25) is 0 Å². The molecule has 0 radical (unpaired) electrons. The second kappa shape index (κ2) is 15.7. The Hall–Kier alpha value is -3.86. The lowest BCUT2D eigenvalue weighted by Crippen LogP contribution is -2.05. The summed E-state index contributed by atoms with van der Waals surface area (Å²) in [5.74, 6) is 2.16. The molecule has 40 heavy (non-hydrogen) atoms. The van der Waals surface area contributed by atoms with Gasteiger partial charge in [-0.2, -0.15) is 0 Å². The molecule has 0 aliphatic carbocycles. The molecule has 0 spiro atoms. The molecular weight excluding hydrogens is 506 g/mol. The number of rotatable bonds is 11. The zero-order chi connectivity index (χ0) is 28.9. The minimum absolute atomic E-state index is 0.0682. The lowest BCUT2D eigenvalue weighted by Gasteiger charge is -2.21. The van der Waals surface area contributed by atoms with E-state index in [0.29, 0.717) is 11.7 Å². The first-order valence-electron chi connectivity index (χ1n) is 13.8. The summed E-state index contributed by atoms with van der Waals surface area (Å²) in [4.78, 5) is 0. The monoisotopic (exact) mass is 546 g/mol. The van der Waals surface area contributed by atoms with E-state index >= 15 is 0 Å². The van der Waals surface area contributed by atoms with Crippen molar-refractivity contribution in [1.82, 2.24) is 0 Å². The molecule has 212 valence electrons. The highest BCUT2D eigenvalue weighted by atomic mass is 19.1. The summed E-state index contributed by atoms with van der Waals surface area (Å²) >= 11 is 0. The Bertz CT molecular complexity index is 1290. The van der Waals surface area contributed by atoms with Gasteiger partial charge >= 0.3 is 0 Å². The molecule has 0 bridgehead atoms. The van der Waals surface area contributed by atoms with Crippen LogP contribution in [0.4, 0.5) is 8.78 Å². The SMILES string of the molecule is CCCC(c1cccc(F)c1)c1cc(F)ccc1OC.CCCC(c1ccccc1OC)c1ccccc1OC.